The first-order valence-corrected chi connectivity index (χ1v) is 5.30. The lowest BCUT2D eigenvalue weighted by atomic mass is 10.3. The molecule has 0 saturated heterocycles. The lowest BCUT2D eigenvalue weighted by Crippen LogP contribution is -2.15. The summed E-state index contributed by atoms with van der Waals surface area (Å²) in [6, 6.07) is 5.33. The molecule has 1 aromatic carbocycles. The number of hydrogen-bond donors (Lipinski definition) is 1. The van der Waals surface area contributed by atoms with Gasteiger partial charge in [0.1, 0.15) is 5.75 Å². The third-order valence-electron chi connectivity index (χ3n) is 1.99. The van der Waals surface area contributed by atoms with E-state index in [4.69, 9.17) is 22.1 Å². The molecule has 2 N–H and O–H groups in total. The molecule has 0 aromatic heterocycles. The van der Waals surface area contributed by atoms with Crippen LogP contribution in [0.1, 0.15) is 6.42 Å². The summed E-state index contributed by atoms with van der Waals surface area (Å²) in [5.41, 5.74) is 6.17. The van der Waals surface area contributed by atoms with Crippen molar-refractivity contribution in [1.82, 2.24) is 4.90 Å². The maximum atomic E-state index is 5.86. The molecule has 3 nitrogen and oxygen atoms in total. The SMILES string of the molecule is CN(C)CCCOc1ccc(N)c(Cl)c1. The molecule has 1 rings (SSSR count). The Balaban J connectivity index is 2.35. The molecule has 15 heavy (non-hydrogen) atoms. The highest BCUT2D eigenvalue weighted by Crippen LogP contribution is 2.24. The Labute approximate surface area is 95.8 Å². The Morgan fingerprint density at radius 1 is 1.40 bits per heavy atom. The van der Waals surface area contributed by atoms with Gasteiger partial charge in [0.05, 0.1) is 17.3 Å². The maximum absolute atomic E-state index is 5.86. The first-order chi connectivity index (χ1) is 7.09. The van der Waals surface area contributed by atoms with Crippen molar-refractivity contribution in [2.24, 2.45) is 0 Å². The zero-order chi connectivity index (χ0) is 11.3. The number of rotatable bonds is 5. The van der Waals surface area contributed by atoms with Crippen LogP contribution in [-0.2, 0) is 0 Å². The fourth-order valence-corrected chi connectivity index (χ4v) is 1.34. The van der Waals surface area contributed by atoms with E-state index in [1.54, 1.807) is 12.1 Å². The molecular formula is C11H17ClN2O. The zero-order valence-corrected chi connectivity index (χ0v) is 9.92. The van der Waals surface area contributed by atoms with Gasteiger partial charge in [-0.2, -0.15) is 0 Å². The second kappa shape index (κ2) is 5.83. The molecule has 0 aliphatic heterocycles. The first kappa shape index (κ1) is 12.1. The molecule has 0 aliphatic carbocycles. The second-order valence-electron chi connectivity index (χ2n) is 3.69. The Bertz CT molecular complexity index is 315. The fourth-order valence-electron chi connectivity index (χ4n) is 1.17. The highest BCUT2D eigenvalue weighted by Gasteiger charge is 1.99. The van der Waals surface area contributed by atoms with Crippen LogP contribution < -0.4 is 10.5 Å². The van der Waals surface area contributed by atoms with Crippen LogP contribution in [0, 0.1) is 0 Å². The normalized spacial score (nSPS) is 10.7. The van der Waals surface area contributed by atoms with Crippen LogP contribution in [-0.4, -0.2) is 32.1 Å². The minimum absolute atomic E-state index is 0.542. The summed E-state index contributed by atoms with van der Waals surface area (Å²) in [5.74, 6) is 0.771. The number of benzene rings is 1. The lowest BCUT2D eigenvalue weighted by Gasteiger charge is -2.10. The van der Waals surface area contributed by atoms with E-state index >= 15 is 0 Å². The largest absolute Gasteiger partial charge is 0.493 e. The summed E-state index contributed by atoms with van der Waals surface area (Å²) in [4.78, 5) is 2.12. The number of halogens is 1. The lowest BCUT2D eigenvalue weighted by molar-refractivity contribution is 0.281. The number of ether oxygens (including phenoxy) is 1. The summed E-state index contributed by atoms with van der Waals surface area (Å²) >= 11 is 5.86. The van der Waals surface area contributed by atoms with Gasteiger partial charge in [-0.1, -0.05) is 11.6 Å². The van der Waals surface area contributed by atoms with E-state index in [1.807, 2.05) is 20.2 Å². The van der Waals surface area contributed by atoms with Crippen molar-refractivity contribution in [2.45, 2.75) is 6.42 Å². The van der Waals surface area contributed by atoms with Crippen LogP contribution in [0.4, 0.5) is 5.69 Å². The highest BCUT2D eigenvalue weighted by atomic mass is 35.5. The van der Waals surface area contributed by atoms with E-state index in [2.05, 4.69) is 4.90 Å². The van der Waals surface area contributed by atoms with Crippen molar-refractivity contribution >= 4 is 17.3 Å². The van der Waals surface area contributed by atoms with E-state index in [0.29, 0.717) is 17.3 Å². The van der Waals surface area contributed by atoms with Gasteiger partial charge >= 0.3 is 0 Å². The van der Waals surface area contributed by atoms with Gasteiger partial charge in [-0.3, -0.25) is 0 Å². The van der Waals surface area contributed by atoms with Gasteiger partial charge < -0.3 is 15.4 Å². The number of anilines is 1. The molecule has 0 radical (unpaired) electrons. The summed E-state index contributed by atoms with van der Waals surface area (Å²) in [6.45, 7) is 1.71. The minimum Gasteiger partial charge on any atom is -0.493 e. The van der Waals surface area contributed by atoms with E-state index in [1.165, 1.54) is 0 Å². The highest BCUT2D eigenvalue weighted by molar-refractivity contribution is 6.33. The van der Waals surface area contributed by atoms with Crippen LogP contribution in [0.2, 0.25) is 5.02 Å². The molecule has 0 amide bonds. The average molecular weight is 229 g/mol. The van der Waals surface area contributed by atoms with Crippen molar-refractivity contribution in [3.63, 3.8) is 0 Å². The molecule has 0 spiro atoms. The van der Waals surface area contributed by atoms with Crippen LogP contribution in [0.25, 0.3) is 0 Å². The van der Waals surface area contributed by atoms with Crippen molar-refractivity contribution in [3.05, 3.63) is 23.2 Å². The van der Waals surface area contributed by atoms with Crippen molar-refractivity contribution in [1.29, 1.82) is 0 Å². The molecule has 0 aliphatic rings. The van der Waals surface area contributed by atoms with Gasteiger partial charge in [-0.25, -0.2) is 0 Å². The second-order valence-corrected chi connectivity index (χ2v) is 4.10. The standard InChI is InChI=1S/C11H17ClN2O/c1-14(2)6-3-7-15-9-4-5-11(13)10(12)8-9/h4-5,8H,3,6-7,13H2,1-2H3. The first-order valence-electron chi connectivity index (χ1n) is 4.92. The molecule has 0 saturated carbocycles. The van der Waals surface area contributed by atoms with Crippen LogP contribution in [0.3, 0.4) is 0 Å². The van der Waals surface area contributed by atoms with E-state index < -0.39 is 0 Å². The third-order valence-corrected chi connectivity index (χ3v) is 2.32. The Kier molecular flexibility index (Phi) is 4.72. The monoisotopic (exact) mass is 228 g/mol. The molecule has 4 heteroatoms. The number of nitrogen functional groups attached to an aromatic ring is 1. The summed E-state index contributed by atoms with van der Waals surface area (Å²) in [7, 11) is 4.08. The molecule has 84 valence electrons. The fraction of sp³-hybridized carbons (Fsp3) is 0.455. The zero-order valence-electron chi connectivity index (χ0n) is 9.16. The van der Waals surface area contributed by atoms with Gasteiger partial charge in [0, 0.05) is 12.6 Å². The summed E-state index contributed by atoms with van der Waals surface area (Å²) < 4.78 is 5.53. The topological polar surface area (TPSA) is 38.5 Å². The molecule has 1 aromatic rings. The summed E-state index contributed by atoms with van der Waals surface area (Å²) in [5, 5.41) is 0.542. The van der Waals surface area contributed by atoms with E-state index in [-0.39, 0.29) is 0 Å². The smallest absolute Gasteiger partial charge is 0.120 e. The van der Waals surface area contributed by atoms with Gasteiger partial charge in [-0.15, -0.1) is 0 Å². The minimum atomic E-state index is 0.542. The van der Waals surface area contributed by atoms with Gasteiger partial charge in [0.15, 0.2) is 0 Å². The average Bonchev–Trinajstić information content (AvgIpc) is 2.18. The Morgan fingerprint density at radius 3 is 2.73 bits per heavy atom. The molecule has 0 atom stereocenters. The molecule has 0 heterocycles. The number of hydrogen-bond acceptors (Lipinski definition) is 3. The Hall–Kier alpha value is -0.930. The molecule has 0 bridgehead atoms. The molecule has 0 unspecified atom stereocenters. The van der Waals surface area contributed by atoms with Crippen molar-refractivity contribution in [3.8, 4) is 5.75 Å². The van der Waals surface area contributed by atoms with Crippen molar-refractivity contribution in [2.75, 3.05) is 33.0 Å². The molecule has 0 fully saturated rings. The number of nitrogens with zero attached hydrogens (tertiary/aromatic N) is 1. The van der Waals surface area contributed by atoms with Gasteiger partial charge in [0.2, 0.25) is 0 Å². The van der Waals surface area contributed by atoms with Gasteiger partial charge in [0.25, 0.3) is 0 Å². The van der Waals surface area contributed by atoms with Gasteiger partial charge in [-0.05, 0) is 32.6 Å². The van der Waals surface area contributed by atoms with Crippen LogP contribution >= 0.6 is 11.6 Å². The van der Waals surface area contributed by atoms with Crippen LogP contribution in [0.15, 0.2) is 18.2 Å². The van der Waals surface area contributed by atoms with E-state index in [0.717, 1.165) is 18.7 Å². The third kappa shape index (κ3) is 4.40. The maximum Gasteiger partial charge on any atom is 0.120 e. The van der Waals surface area contributed by atoms with E-state index in [9.17, 15) is 0 Å². The predicted octanol–water partition coefficient (Wildman–Crippen LogP) is 2.25. The van der Waals surface area contributed by atoms with Crippen LogP contribution in [0.5, 0.6) is 5.75 Å². The summed E-state index contributed by atoms with van der Waals surface area (Å²) in [6.07, 6.45) is 0.995. The molecular weight excluding hydrogens is 212 g/mol. The number of nitrogens with two attached hydrogens (primary N) is 1. The van der Waals surface area contributed by atoms with Crippen molar-refractivity contribution < 1.29 is 4.74 Å². The Morgan fingerprint density at radius 2 is 2.13 bits per heavy atom. The predicted molar refractivity (Wildman–Crippen MR) is 64.5 cm³/mol. The quantitative estimate of drug-likeness (QED) is 0.621.